The summed E-state index contributed by atoms with van der Waals surface area (Å²) in [5, 5.41) is 8.87. The average molecular weight is 188 g/mol. The molecule has 0 aliphatic carbocycles. The van der Waals surface area contributed by atoms with E-state index in [-0.39, 0.29) is 5.76 Å². The van der Waals surface area contributed by atoms with Crippen LogP contribution in [0.15, 0.2) is 42.7 Å². The minimum atomic E-state index is 0.0858. The topological polar surface area (TPSA) is 20.2 Å². The second kappa shape index (κ2) is 5.28. The van der Waals surface area contributed by atoms with Crippen LogP contribution in [0.1, 0.15) is 24.5 Å². The first-order chi connectivity index (χ1) is 6.72. The predicted molar refractivity (Wildman–Crippen MR) is 61.2 cm³/mol. The Labute approximate surface area is 85.4 Å². The van der Waals surface area contributed by atoms with Crippen LogP contribution in [0.4, 0.5) is 0 Å². The van der Waals surface area contributed by atoms with Gasteiger partial charge >= 0.3 is 0 Å². The van der Waals surface area contributed by atoms with Gasteiger partial charge in [-0.2, -0.15) is 0 Å². The fourth-order valence-electron chi connectivity index (χ4n) is 1.28. The lowest BCUT2D eigenvalue weighted by Gasteiger charge is -1.98. The molecule has 1 aromatic rings. The van der Waals surface area contributed by atoms with Gasteiger partial charge in [0.05, 0.1) is 0 Å². The highest BCUT2D eigenvalue weighted by molar-refractivity contribution is 5.52. The van der Waals surface area contributed by atoms with Crippen LogP contribution in [0.2, 0.25) is 0 Å². The van der Waals surface area contributed by atoms with Crippen LogP contribution >= 0.6 is 0 Å². The summed E-state index contributed by atoms with van der Waals surface area (Å²) in [7, 11) is 0. The summed E-state index contributed by atoms with van der Waals surface area (Å²) in [4.78, 5) is 0. The molecule has 1 rings (SSSR count). The quantitative estimate of drug-likeness (QED) is 0.564. The largest absolute Gasteiger partial charge is 0.509 e. The van der Waals surface area contributed by atoms with Crippen molar-refractivity contribution in [1.29, 1.82) is 0 Å². The van der Waals surface area contributed by atoms with E-state index in [1.807, 2.05) is 18.2 Å². The van der Waals surface area contributed by atoms with Crippen molar-refractivity contribution in [2.24, 2.45) is 0 Å². The first kappa shape index (κ1) is 10.6. The van der Waals surface area contributed by atoms with Gasteiger partial charge in [0.1, 0.15) is 5.76 Å². The molecule has 0 radical (unpaired) electrons. The maximum atomic E-state index is 8.87. The third kappa shape index (κ3) is 3.48. The van der Waals surface area contributed by atoms with E-state index in [1.165, 1.54) is 12.0 Å². The van der Waals surface area contributed by atoms with Crippen molar-refractivity contribution in [3.8, 4) is 0 Å². The van der Waals surface area contributed by atoms with Crippen molar-refractivity contribution in [2.45, 2.75) is 19.8 Å². The highest BCUT2D eigenvalue weighted by Gasteiger charge is 1.90. The van der Waals surface area contributed by atoms with Gasteiger partial charge in [0, 0.05) is 0 Å². The molecule has 0 aliphatic heterocycles. The minimum absolute atomic E-state index is 0.0858. The van der Waals surface area contributed by atoms with Crippen LogP contribution in [-0.2, 0) is 6.42 Å². The van der Waals surface area contributed by atoms with Crippen molar-refractivity contribution in [2.75, 3.05) is 0 Å². The second-order valence-electron chi connectivity index (χ2n) is 3.32. The molecule has 1 N–H and O–H groups in total. The Bertz CT molecular complexity index is 320. The zero-order valence-corrected chi connectivity index (χ0v) is 8.53. The van der Waals surface area contributed by atoms with E-state index in [1.54, 1.807) is 6.08 Å². The Balaban J connectivity index is 2.68. The molecule has 0 aromatic heterocycles. The molecule has 0 spiro atoms. The Hall–Kier alpha value is -1.50. The summed E-state index contributed by atoms with van der Waals surface area (Å²) in [6, 6.07) is 8.32. The first-order valence-electron chi connectivity index (χ1n) is 4.87. The van der Waals surface area contributed by atoms with Gasteiger partial charge in [-0.1, -0.05) is 50.3 Å². The van der Waals surface area contributed by atoms with Crippen molar-refractivity contribution in [3.63, 3.8) is 0 Å². The smallest absolute Gasteiger partial charge is 0.108 e. The van der Waals surface area contributed by atoms with Crippen LogP contribution in [-0.4, -0.2) is 5.11 Å². The summed E-state index contributed by atoms with van der Waals surface area (Å²) in [5.41, 5.74) is 2.44. The van der Waals surface area contributed by atoms with E-state index in [9.17, 15) is 0 Å². The van der Waals surface area contributed by atoms with Crippen LogP contribution in [0.5, 0.6) is 0 Å². The first-order valence-corrected chi connectivity index (χ1v) is 4.87. The van der Waals surface area contributed by atoms with E-state index in [2.05, 4.69) is 25.6 Å². The Morgan fingerprint density at radius 3 is 2.50 bits per heavy atom. The number of aryl methyl sites for hydroxylation is 1. The maximum Gasteiger partial charge on any atom is 0.108 e. The van der Waals surface area contributed by atoms with Gasteiger partial charge in [-0.25, -0.2) is 0 Å². The van der Waals surface area contributed by atoms with Gasteiger partial charge < -0.3 is 5.11 Å². The predicted octanol–water partition coefficient (Wildman–Crippen LogP) is 3.72. The lowest BCUT2D eigenvalue weighted by atomic mass is 10.1. The summed E-state index contributed by atoms with van der Waals surface area (Å²) in [5.74, 6) is 0.0858. The van der Waals surface area contributed by atoms with Gasteiger partial charge in [-0.3, -0.25) is 0 Å². The van der Waals surface area contributed by atoms with Gasteiger partial charge in [0.25, 0.3) is 0 Å². The normalized spacial score (nSPS) is 10.6. The zero-order valence-electron chi connectivity index (χ0n) is 8.53. The Morgan fingerprint density at radius 1 is 1.36 bits per heavy atom. The average Bonchev–Trinajstić information content (AvgIpc) is 2.17. The molecular weight excluding hydrogens is 172 g/mol. The number of rotatable bonds is 4. The molecule has 0 bridgehead atoms. The van der Waals surface area contributed by atoms with Crippen LogP contribution in [0, 0.1) is 0 Å². The molecule has 0 saturated heterocycles. The van der Waals surface area contributed by atoms with E-state index < -0.39 is 0 Å². The van der Waals surface area contributed by atoms with E-state index in [0.29, 0.717) is 0 Å². The van der Waals surface area contributed by atoms with Gasteiger partial charge in [0.15, 0.2) is 0 Å². The molecule has 1 nitrogen and oxygen atoms in total. The molecule has 74 valence electrons. The van der Waals surface area contributed by atoms with Crippen LogP contribution in [0.3, 0.4) is 0 Å². The van der Waals surface area contributed by atoms with Crippen LogP contribution in [0.25, 0.3) is 6.08 Å². The monoisotopic (exact) mass is 188 g/mol. The Kier molecular flexibility index (Phi) is 3.99. The summed E-state index contributed by atoms with van der Waals surface area (Å²) in [6.45, 7) is 5.56. The Morgan fingerprint density at radius 2 is 2.00 bits per heavy atom. The SMILES string of the molecule is C=C(O)/C=C/c1ccc(CCC)cc1. The number of aliphatic hydroxyl groups excluding tert-OH is 1. The lowest BCUT2D eigenvalue weighted by molar-refractivity contribution is 0.436. The number of benzene rings is 1. The molecule has 0 atom stereocenters. The highest BCUT2D eigenvalue weighted by atomic mass is 16.3. The van der Waals surface area contributed by atoms with Crippen molar-refractivity contribution in [3.05, 3.63) is 53.8 Å². The van der Waals surface area contributed by atoms with E-state index >= 15 is 0 Å². The molecule has 0 heterocycles. The molecule has 0 aliphatic rings. The fraction of sp³-hybridized carbons (Fsp3) is 0.231. The molecule has 0 saturated carbocycles. The number of aliphatic hydroxyl groups is 1. The van der Waals surface area contributed by atoms with Gasteiger partial charge in [-0.15, -0.1) is 0 Å². The van der Waals surface area contributed by atoms with Crippen LogP contribution < -0.4 is 0 Å². The zero-order chi connectivity index (χ0) is 10.4. The summed E-state index contributed by atoms with van der Waals surface area (Å²) < 4.78 is 0. The van der Waals surface area contributed by atoms with E-state index in [4.69, 9.17) is 5.11 Å². The third-order valence-electron chi connectivity index (χ3n) is 1.99. The molecule has 0 fully saturated rings. The minimum Gasteiger partial charge on any atom is -0.509 e. The number of hydrogen-bond donors (Lipinski definition) is 1. The molecule has 0 amide bonds. The highest BCUT2D eigenvalue weighted by Crippen LogP contribution is 2.08. The lowest BCUT2D eigenvalue weighted by Crippen LogP contribution is -1.82. The second-order valence-corrected chi connectivity index (χ2v) is 3.32. The fourth-order valence-corrected chi connectivity index (χ4v) is 1.28. The van der Waals surface area contributed by atoms with E-state index in [0.717, 1.165) is 12.0 Å². The third-order valence-corrected chi connectivity index (χ3v) is 1.99. The maximum absolute atomic E-state index is 8.87. The van der Waals surface area contributed by atoms with Crippen molar-refractivity contribution in [1.82, 2.24) is 0 Å². The number of hydrogen-bond acceptors (Lipinski definition) is 1. The van der Waals surface area contributed by atoms with Gasteiger partial charge in [-0.05, 0) is 23.6 Å². The van der Waals surface area contributed by atoms with Crippen molar-refractivity contribution >= 4 is 6.08 Å². The summed E-state index contributed by atoms with van der Waals surface area (Å²) in [6.07, 6.45) is 5.73. The molecule has 1 aromatic carbocycles. The molecule has 0 unspecified atom stereocenters. The molecular formula is C13H16O. The van der Waals surface area contributed by atoms with Crippen molar-refractivity contribution < 1.29 is 5.11 Å². The number of allylic oxidation sites excluding steroid dienone is 1. The standard InChI is InChI=1S/C13H16O/c1-3-4-12-7-9-13(10-8-12)6-5-11(2)14/h5-10,14H,2-4H2,1H3/b6-5+. The molecule has 14 heavy (non-hydrogen) atoms. The van der Waals surface area contributed by atoms with Gasteiger partial charge in [0.2, 0.25) is 0 Å². The molecule has 1 heteroatoms. The summed E-state index contributed by atoms with van der Waals surface area (Å²) >= 11 is 0.